The molecule has 3 rings (SSSR count). The lowest BCUT2D eigenvalue weighted by atomic mass is 9.91. The molecule has 1 nitrogen and oxygen atoms in total. The number of hydrogen-bond donors (Lipinski definition) is 0. The molecule has 2 aliphatic carbocycles. The molecular formula is C14H16O. The lowest BCUT2D eigenvalue weighted by Gasteiger charge is -2.12. The van der Waals surface area contributed by atoms with Gasteiger partial charge in [-0.15, -0.1) is 0 Å². The molecule has 2 fully saturated rings. The van der Waals surface area contributed by atoms with Gasteiger partial charge in [0.05, 0.1) is 0 Å². The summed E-state index contributed by atoms with van der Waals surface area (Å²) in [6.45, 7) is 2.03. The maximum atomic E-state index is 12.2. The summed E-state index contributed by atoms with van der Waals surface area (Å²) in [5.74, 6) is 2.50. The molecule has 0 aromatic heterocycles. The SMILES string of the molecule is Cc1ccccc1C(=O)C1CC2CC2C1. The zero-order chi connectivity index (χ0) is 10.4. The highest BCUT2D eigenvalue weighted by Gasteiger charge is 2.48. The summed E-state index contributed by atoms with van der Waals surface area (Å²) in [5, 5.41) is 0. The van der Waals surface area contributed by atoms with E-state index in [2.05, 4.69) is 0 Å². The van der Waals surface area contributed by atoms with Gasteiger partial charge in [0.15, 0.2) is 5.78 Å². The van der Waals surface area contributed by atoms with Crippen molar-refractivity contribution in [3.05, 3.63) is 35.4 Å². The van der Waals surface area contributed by atoms with Crippen molar-refractivity contribution in [2.75, 3.05) is 0 Å². The van der Waals surface area contributed by atoms with Crippen molar-refractivity contribution in [3.8, 4) is 0 Å². The van der Waals surface area contributed by atoms with Crippen LogP contribution in [-0.2, 0) is 0 Å². The summed E-state index contributed by atoms with van der Waals surface area (Å²) in [6.07, 6.45) is 3.69. The van der Waals surface area contributed by atoms with Crippen LogP contribution in [0.4, 0.5) is 0 Å². The van der Waals surface area contributed by atoms with Crippen LogP contribution in [0.25, 0.3) is 0 Å². The molecule has 0 radical (unpaired) electrons. The van der Waals surface area contributed by atoms with Crippen LogP contribution in [0.1, 0.15) is 35.2 Å². The number of ketones is 1. The van der Waals surface area contributed by atoms with E-state index >= 15 is 0 Å². The molecule has 15 heavy (non-hydrogen) atoms. The predicted octanol–water partition coefficient (Wildman–Crippen LogP) is 3.22. The van der Waals surface area contributed by atoms with Crippen LogP contribution >= 0.6 is 0 Å². The standard InChI is InChI=1S/C14H16O/c1-9-4-2-3-5-13(9)14(15)12-7-10-6-11(10)8-12/h2-5,10-12H,6-8H2,1H3. The van der Waals surface area contributed by atoms with Crippen molar-refractivity contribution in [1.29, 1.82) is 0 Å². The van der Waals surface area contributed by atoms with Gasteiger partial charge in [0.25, 0.3) is 0 Å². The van der Waals surface area contributed by atoms with E-state index in [0.29, 0.717) is 11.7 Å². The molecule has 0 amide bonds. The first-order valence-electron chi connectivity index (χ1n) is 5.85. The van der Waals surface area contributed by atoms with Gasteiger partial charge in [-0.3, -0.25) is 4.79 Å². The Kier molecular flexibility index (Phi) is 1.95. The second-order valence-corrected chi connectivity index (χ2v) is 5.10. The number of aryl methyl sites for hydroxylation is 1. The van der Waals surface area contributed by atoms with Crippen LogP contribution < -0.4 is 0 Å². The van der Waals surface area contributed by atoms with Gasteiger partial charge in [0.1, 0.15) is 0 Å². The van der Waals surface area contributed by atoms with Crippen molar-refractivity contribution in [2.24, 2.45) is 17.8 Å². The van der Waals surface area contributed by atoms with Crippen LogP contribution in [0.15, 0.2) is 24.3 Å². The molecule has 78 valence electrons. The highest BCUT2D eigenvalue weighted by atomic mass is 16.1. The number of fused-ring (bicyclic) bond motifs is 1. The Labute approximate surface area is 90.5 Å². The average Bonchev–Trinajstić information content (AvgIpc) is 2.86. The van der Waals surface area contributed by atoms with E-state index in [1.807, 2.05) is 31.2 Å². The zero-order valence-electron chi connectivity index (χ0n) is 9.07. The summed E-state index contributed by atoms with van der Waals surface area (Å²) >= 11 is 0. The van der Waals surface area contributed by atoms with E-state index in [-0.39, 0.29) is 0 Å². The smallest absolute Gasteiger partial charge is 0.166 e. The quantitative estimate of drug-likeness (QED) is 0.670. The van der Waals surface area contributed by atoms with Gasteiger partial charge in [0, 0.05) is 11.5 Å². The van der Waals surface area contributed by atoms with Crippen molar-refractivity contribution < 1.29 is 4.79 Å². The largest absolute Gasteiger partial charge is 0.294 e. The van der Waals surface area contributed by atoms with E-state index in [1.54, 1.807) is 0 Å². The molecule has 2 atom stereocenters. The van der Waals surface area contributed by atoms with Crippen LogP contribution in [0.3, 0.4) is 0 Å². The van der Waals surface area contributed by atoms with Crippen LogP contribution in [0.5, 0.6) is 0 Å². The van der Waals surface area contributed by atoms with Gasteiger partial charge < -0.3 is 0 Å². The lowest BCUT2D eigenvalue weighted by Crippen LogP contribution is -2.14. The fourth-order valence-corrected chi connectivity index (χ4v) is 3.00. The molecule has 2 unspecified atom stereocenters. The normalized spacial score (nSPS) is 32.5. The van der Waals surface area contributed by atoms with E-state index in [1.165, 1.54) is 6.42 Å². The molecular weight excluding hydrogens is 184 g/mol. The topological polar surface area (TPSA) is 17.1 Å². The summed E-state index contributed by atoms with van der Waals surface area (Å²) in [7, 11) is 0. The fourth-order valence-electron chi connectivity index (χ4n) is 3.00. The maximum Gasteiger partial charge on any atom is 0.166 e. The Morgan fingerprint density at radius 3 is 2.47 bits per heavy atom. The molecule has 0 N–H and O–H groups in total. The predicted molar refractivity (Wildman–Crippen MR) is 59.8 cm³/mol. The summed E-state index contributed by atoms with van der Waals surface area (Å²) in [5.41, 5.74) is 2.08. The van der Waals surface area contributed by atoms with Crippen molar-refractivity contribution in [2.45, 2.75) is 26.2 Å². The van der Waals surface area contributed by atoms with Crippen molar-refractivity contribution >= 4 is 5.78 Å². The highest BCUT2D eigenvalue weighted by molar-refractivity contribution is 5.99. The third kappa shape index (κ3) is 1.50. The van der Waals surface area contributed by atoms with Gasteiger partial charge in [-0.25, -0.2) is 0 Å². The van der Waals surface area contributed by atoms with Gasteiger partial charge >= 0.3 is 0 Å². The van der Waals surface area contributed by atoms with Gasteiger partial charge in [-0.05, 0) is 43.6 Å². The minimum Gasteiger partial charge on any atom is -0.294 e. The second kappa shape index (κ2) is 3.19. The number of benzene rings is 1. The molecule has 0 spiro atoms. The molecule has 0 saturated heterocycles. The van der Waals surface area contributed by atoms with Crippen molar-refractivity contribution in [3.63, 3.8) is 0 Å². The Hall–Kier alpha value is -1.11. The van der Waals surface area contributed by atoms with E-state index in [0.717, 1.165) is 35.8 Å². The van der Waals surface area contributed by atoms with E-state index in [9.17, 15) is 4.79 Å². The summed E-state index contributed by atoms with van der Waals surface area (Å²) in [4.78, 5) is 12.2. The van der Waals surface area contributed by atoms with Crippen molar-refractivity contribution in [1.82, 2.24) is 0 Å². The third-order valence-corrected chi connectivity index (χ3v) is 4.02. The van der Waals surface area contributed by atoms with Crippen LogP contribution in [0.2, 0.25) is 0 Å². The van der Waals surface area contributed by atoms with Gasteiger partial charge in [-0.2, -0.15) is 0 Å². The van der Waals surface area contributed by atoms with E-state index in [4.69, 9.17) is 0 Å². The third-order valence-electron chi connectivity index (χ3n) is 4.02. The van der Waals surface area contributed by atoms with Crippen LogP contribution in [-0.4, -0.2) is 5.78 Å². The number of carbonyl (C=O) groups excluding carboxylic acids is 1. The second-order valence-electron chi connectivity index (χ2n) is 5.10. The number of carbonyl (C=O) groups is 1. The summed E-state index contributed by atoms with van der Waals surface area (Å²) < 4.78 is 0. The monoisotopic (exact) mass is 200 g/mol. The zero-order valence-corrected chi connectivity index (χ0v) is 9.07. The summed E-state index contributed by atoms with van der Waals surface area (Å²) in [6, 6.07) is 7.97. The van der Waals surface area contributed by atoms with Crippen LogP contribution in [0, 0.1) is 24.7 Å². The first-order valence-corrected chi connectivity index (χ1v) is 5.85. The number of Topliss-reactive ketones (excluding diaryl/α,β-unsaturated/α-hetero) is 1. The Morgan fingerprint density at radius 2 is 1.80 bits per heavy atom. The fraction of sp³-hybridized carbons (Fsp3) is 0.500. The molecule has 2 saturated carbocycles. The van der Waals surface area contributed by atoms with Gasteiger partial charge in [-0.1, -0.05) is 24.3 Å². The number of rotatable bonds is 2. The molecule has 0 bridgehead atoms. The molecule has 1 aromatic rings. The molecule has 0 aliphatic heterocycles. The molecule has 2 aliphatic rings. The minimum absolute atomic E-state index is 0.329. The molecule has 0 heterocycles. The maximum absolute atomic E-state index is 12.2. The Morgan fingerprint density at radius 1 is 1.13 bits per heavy atom. The molecule has 1 heteroatoms. The lowest BCUT2D eigenvalue weighted by molar-refractivity contribution is 0.0914. The average molecular weight is 200 g/mol. The number of hydrogen-bond acceptors (Lipinski definition) is 1. The first-order chi connectivity index (χ1) is 7.25. The Bertz CT molecular complexity index is 398. The first kappa shape index (κ1) is 9.14. The molecule has 1 aromatic carbocycles. The highest BCUT2D eigenvalue weighted by Crippen LogP contribution is 2.54. The van der Waals surface area contributed by atoms with Gasteiger partial charge in [0.2, 0.25) is 0 Å². The Balaban J connectivity index is 1.82. The minimum atomic E-state index is 0.329. The van der Waals surface area contributed by atoms with E-state index < -0.39 is 0 Å².